The Morgan fingerprint density at radius 3 is 0.771 bits per heavy atom. The van der Waals surface area contributed by atoms with Crippen molar-refractivity contribution in [2.24, 2.45) is 21.7 Å². The molecule has 0 amide bonds. The van der Waals surface area contributed by atoms with E-state index in [9.17, 15) is 209 Å². The van der Waals surface area contributed by atoms with Crippen molar-refractivity contribution in [3.63, 3.8) is 0 Å². The molecule has 0 saturated carbocycles. The normalized spacial score (nSPS) is 10.9. The number of rotatable bonds is 21. The van der Waals surface area contributed by atoms with E-state index in [0.29, 0.717) is 12.8 Å². The van der Waals surface area contributed by atoms with E-state index in [1.165, 1.54) is 24.4 Å². The Morgan fingerprint density at radius 2 is 0.595 bits per heavy atom. The van der Waals surface area contributed by atoms with Gasteiger partial charge < -0.3 is 47.7 Å². The number of hydrogen-bond acceptors (Lipinski definition) is 17. The molecule has 0 aliphatic carbocycles. The van der Waals surface area contributed by atoms with Crippen molar-refractivity contribution in [3.8, 4) is 0 Å². The maximum Gasteiger partial charge on any atom is 0.510 e. The molecule has 3 unspecified atom stereocenters. The zero-order chi connectivity index (χ0) is 109. The summed E-state index contributed by atoms with van der Waals surface area (Å²) in [5.41, 5.74) is -1.25. The second-order valence-electron chi connectivity index (χ2n) is 22.9. The molecule has 800 valence electrons. The van der Waals surface area contributed by atoms with Crippen LogP contribution in [0.4, 0.5) is 185 Å². The lowest BCUT2D eigenvalue weighted by atomic mass is 9.86. The Bertz CT molecular complexity index is 2360. The summed E-state index contributed by atoms with van der Waals surface area (Å²) < 4.78 is 433. The van der Waals surface area contributed by atoms with Crippen LogP contribution in [0.2, 0.25) is 39.3 Å². The first kappa shape index (κ1) is 173. The Kier molecular flexibility index (Phi) is 183. The van der Waals surface area contributed by atoms with Crippen LogP contribution in [0.15, 0.2) is 48.5 Å². The summed E-state index contributed by atoms with van der Waals surface area (Å²) in [4.78, 5) is 78.6. The lowest BCUT2D eigenvalue weighted by Gasteiger charge is -2.28. The minimum atomic E-state index is -1.75. The van der Waals surface area contributed by atoms with Crippen LogP contribution in [0.3, 0.4) is 0 Å². The van der Waals surface area contributed by atoms with Crippen LogP contribution in [-0.2, 0) is 66.6 Å². The summed E-state index contributed by atoms with van der Waals surface area (Å²) in [6, 6.07) is 17.2. The molecule has 3 atom stereocenters. The Morgan fingerprint density at radius 1 is 0.382 bits per heavy atom. The van der Waals surface area contributed by atoms with Crippen molar-refractivity contribution < 1.29 is 257 Å². The van der Waals surface area contributed by atoms with E-state index in [0.717, 1.165) is 25.2 Å². The van der Waals surface area contributed by atoms with Crippen molar-refractivity contribution in [2.45, 2.75) is 110 Å². The van der Waals surface area contributed by atoms with Crippen LogP contribution < -0.4 is 10.4 Å². The molecule has 1 aliphatic rings. The standard InChI is InChI=1S/2C17H26BrFO2Si.C10H15FO7.C7H10O5.18CH2F2.CH3FO/c2*1-17(2,16(20)21-11-10-19)12-15(18)13-6-8-14(9-7-13)22(3,4)5;1-7(12)16-4-10(2,8(13)15-3)5-17-9(14)18-6-11;1-7(5(8)10-2)3-11-6(9)12-4-7;19*2-1-3/h2*6-9,15H,10-12H2,1-5H3;4-6H2,1-3H3;3-4H2,1-2H3;18*1H2;3H,1H2. The number of cyclic esters (lactones) is 2. The number of methoxy groups -OCH3 is 2. The van der Waals surface area contributed by atoms with Crippen molar-refractivity contribution in [3.05, 3.63) is 59.7 Å². The number of benzene rings is 2. The van der Waals surface area contributed by atoms with Gasteiger partial charge in [-0.2, -0.15) is 0 Å². The minimum Gasteiger partial charge on any atom is -0.468 e. The van der Waals surface area contributed by atoms with Gasteiger partial charge in [-0.15, -0.1) is 0 Å². The van der Waals surface area contributed by atoms with Gasteiger partial charge in [0.15, 0.2) is 6.86 Å². The molecule has 0 bridgehead atoms. The zero-order valence-corrected chi connectivity index (χ0v) is 78.5. The quantitative estimate of drug-likeness (QED) is 0.0403. The van der Waals surface area contributed by atoms with Gasteiger partial charge in [-0.25, -0.2) is 185 Å². The third-order valence-electron chi connectivity index (χ3n) is 11.0. The molecule has 61 heteroatoms. The topological polar surface area (TPSA) is 223 Å². The summed E-state index contributed by atoms with van der Waals surface area (Å²) in [5, 5.41) is 9.73. The SMILES string of the molecule is CC(C)(CC(Br)c1ccc([Si](C)(C)C)cc1)C(=O)OCCF.CC(C)(CC(Br)c1ccc([Si](C)(C)C)cc1)C(=O)OCCF.COC(=O)C(C)(COC(C)=O)COC(=O)OCF.COC(=O)C1(C)COC(=O)OC1.FCF.FCF.FCF.FCF.FCF.FCF.FCF.FCF.FCF.FCF.FCF.FCF.FCF.FCF.FCF.FCF.FCF.FCF.OCF. The van der Waals surface area contributed by atoms with Gasteiger partial charge in [-0.3, -0.25) is 24.0 Å². The van der Waals surface area contributed by atoms with Crippen molar-refractivity contribution in [2.75, 3.05) is 206 Å². The summed E-state index contributed by atoms with van der Waals surface area (Å²) >= 11 is 7.33. The van der Waals surface area contributed by atoms with Crippen molar-refractivity contribution >= 4 is 101 Å². The number of ether oxygens (including phenoxy) is 9. The Balaban J connectivity index is -0.0000000587. The van der Waals surface area contributed by atoms with Crippen molar-refractivity contribution in [1.82, 2.24) is 0 Å². The van der Waals surface area contributed by atoms with Gasteiger partial charge in [0.2, 0.25) is 132 Å². The fourth-order valence-corrected chi connectivity index (χ4v) is 10.8. The lowest BCUT2D eigenvalue weighted by molar-refractivity contribution is -0.164. The predicted octanol–water partition coefficient (Wildman–Crippen LogP) is 26.1. The molecule has 1 N–H and O–H groups in total. The Labute approximate surface area is 752 Å². The van der Waals surface area contributed by atoms with E-state index in [4.69, 9.17) is 14.6 Å². The molecule has 17 nitrogen and oxygen atoms in total. The molecule has 131 heavy (non-hydrogen) atoms. The van der Waals surface area contributed by atoms with Crippen LogP contribution >= 0.6 is 31.9 Å². The summed E-state index contributed by atoms with van der Waals surface area (Å²) in [6.45, 7) is -11.1. The molecule has 1 heterocycles. The third kappa shape index (κ3) is 160. The number of carbonyl (C=O) groups excluding carboxylic acids is 7. The van der Waals surface area contributed by atoms with E-state index >= 15 is 0 Å². The predicted molar refractivity (Wildman–Crippen MR) is 421 cm³/mol. The third-order valence-corrected chi connectivity index (χ3v) is 16.9. The largest absolute Gasteiger partial charge is 0.510 e. The molecule has 0 spiro atoms. The highest BCUT2D eigenvalue weighted by Gasteiger charge is 2.42. The van der Waals surface area contributed by atoms with Gasteiger partial charge in [-0.1, -0.05) is 130 Å². The molecular formula is C70H116Br2F40O17Si2. The second kappa shape index (κ2) is 138. The smallest absolute Gasteiger partial charge is 0.468 e. The zero-order valence-electron chi connectivity index (χ0n) is 73.3. The number of hydrogen-bond donors (Lipinski definition) is 1. The first-order chi connectivity index (χ1) is 61.0. The number of aliphatic hydroxyl groups is 1. The monoisotopic (exact) mass is 2200 g/mol. The van der Waals surface area contributed by atoms with Gasteiger partial charge >= 0.3 is 42.2 Å². The van der Waals surface area contributed by atoms with Crippen LogP contribution in [0.1, 0.15) is 82.1 Å². The fourth-order valence-electron chi connectivity index (χ4n) is 6.19. The van der Waals surface area contributed by atoms with Gasteiger partial charge in [0.1, 0.15) is 63.8 Å². The molecular weight excluding hydrogens is 2090 g/mol. The first-order valence-electron chi connectivity index (χ1n) is 33.7. The highest BCUT2D eigenvalue weighted by molar-refractivity contribution is 9.09. The molecule has 0 aromatic heterocycles. The molecule has 0 radical (unpaired) electrons. The van der Waals surface area contributed by atoms with Crippen LogP contribution in [-0.4, -0.2) is 269 Å². The van der Waals surface area contributed by atoms with Crippen molar-refractivity contribution in [1.29, 1.82) is 0 Å². The lowest BCUT2D eigenvalue weighted by Crippen LogP contribution is -2.43. The number of esters is 5. The maximum atomic E-state index is 12.1. The first-order valence-corrected chi connectivity index (χ1v) is 42.5. The number of aliphatic hydroxyl groups excluding tert-OH is 1. The summed E-state index contributed by atoms with van der Waals surface area (Å²) in [7, 11) is -0.176. The molecule has 3 rings (SSSR count). The van der Waals surface area contributed by atoms with E-state index in [-0.39, 0.29) is 54.6 Å². The Hall–Kier alpha value is -7.12. The second-order valence-corrected chi connectivity index (χ2v) is 35.3. The number of halogens is 42. The van der Waals surface area contributed by atoms with Gasteiger partial charge in [-0.05, 0) is 65.5 Å². The minimum absolute atomic E-state index is 0.0124. The molecule has 2 aromatic carbocycles. The molecule has 1 aliphatic heterocycles. The van der Waals surface area contributed by atoms with E-state index < -0.39 is 226 Å². The molecule has 2 aromatic rings. The van der Waals surface area contributed by atoms with Gasteiger partial charge in [0.25, 0.3) is 0 Å². The fraction of sp³-hybridized carbons (Fsp3) is 0.729. The summed E-state index contributed by atoms with van der Waals surface area (Å²) in [5.74, 6) is -2.48. The van der Waals surface area contributed by atoms with Crippen LogP contribution in [0.25, 0.3) is 0 Å². The van der Waals surface area contributed by atoms with Crippen LogP contribution in [0, 0.1) is 21.7 Å². The summed E-state index contributed by atoms with van der Waals surface area (Å²) in [6.07, 6.45) is -0.804. The van der Waals surface area contributed by atoms with E-state index in [1.807, 2.05) is 27.7 Å². The average Bonchev–Trinajstić information content (AvgIpc) is 0.865. The number of alkyl halides is 42. The highest BCUT2D eigenvalue weighted by atomic mass is 79.9. The molecule has 1 fully saturated rings. The van der Waals surface area contributed by atoms with Gasteiger partial charge in [0, 0.05) is 16.6 Å². The average molecular weight is 2210 g/mol. The van der Waals surface area contributed by atoms with E-state index in [2.05, 4.69) is 153 Å². The van der Waals surface area contributed by atoms with E-state index in [1.54, 1.807) is 6.92 Å². The van der Waals surface area contributed by atoms with Crippen LogP contribution in [0.5, 0.6) is 0 Å². The maximum absolute atomic E-state index is 12.1. The number of carbonyl (C=O) groups is 7. The highest BCUT2D eigenvalue weighted by Crippen LogP contribution is 2.38. The molecule has 1 saturated heterocycles. The van der Waals surface area contributed by atoms with Gasteiger partial charge in [0.05, 0.1) is 41.2 Å².